The number of rotatable bonds is 2. The normalized spacial score (nSPS) is 17.9. The first-order chi connectivity index (χ1) is 7.59. The molecule has 1 N–H and O–H groups in total. The van der Waals surface area contributed by atoms with Crippen LogP contribution in [0.2, 0.25) is 5.02 Å². The van der Waals surface area contributed by atoms with Gasteiger partial charge in [-0.1, -0.05) is 17.7 Å². The summed E-state index contributed by atoms with van der Waals surface area (Å²) in [6, 6.07) is 6.13. The Hall–Kier alpha value is -0.990. The molecule has 0 amide bonds. The van der Waals surface area contributed by atoms with Gasteiger partial charge in [0.2, 0.25) is 0 Å². The van der Waals surface area contributed by atoms with Gasteiger partial charge in [0.1, 0.15) is 0 Å². The highest BCUT2D eigenvalue weighted by molar-refractivity contribution is 6.36. The number of nitrogens with zero attached hydrogens (tertiary/aromatic N) is 1. The third kappa shape index (κ3) is 1.53. The van der Waals surface area contributed by atoms with Gasteiger partial charge >= 0.3 is 0 Å². The quantitative estimate of drug-likeness (QED) is 0.851. The maximum atomic E-state index is 9.92. The Kier molecular flexibility index (Phi) is 2.07. The smallest absolute Gasteiger partial charge is 0.0690 e. The summed E-state index contributed by atoms with van der Waals surface area (Å²) >= 11 is 6.36. The number of benzene rings is 1. The molecule has 84 valence electrons. The van der Waals surface area contributed by atoms with Crippen LogP contribution in [0.4, 0.5) is 0 Å². The van der Waals surface area contributed by atoms with E-state index in [0.717, 1.165) is 34.3 Å². The molecule has 1 aliphatic carbocycles. The molecule has 16 heavy (non-hydrogen) atoms. The van der Waals surface area contributed by atoms with Crippen molar-refractivity contribution in [2.45, 2.75) is 24.9 Å². The van der Waals surface area contributed by atoms with Gasteiger partial charge in [0.25, 0.3) is 0 Å². The van der Waals surface area contributed by atoms with Gasteiger partial charge in [0.15, 0.2) is 0 Å². The Labute approximate surface area is 99.4 Å². The molecule has 1 heterocycles. The second-order valence-electron chi connectivity index (χ2n) is 4.80. The lowest BCUT2D eigenvalue weighted by atomic mass is 10.0. The van der Waals surface area contributed by atoms with Gasteiger partial charge in [-0.2, -0.15) is 0 Å². The third-order valence-electron chi connectivity index (χ3n) is 3.43. The number of halogens is 1. The van der Waals surface area contributed by atoms with Crippen molar-refractivity contribution in [2.75, 3.05) is 0 Å². The first-order valence-corrected chi connectivity index (χ1v) is 5.92. The Bertz CT molecular complexity index is 554. The molecule has 1 aliphatic rings. The first-order valence-electron chi connectivity index (χ1n) is 5.54. The van der Waals surface area contributed by atoms with Crippen LogP contribution >= 0.6 is 11.6 Å². The Morgan fingerprint density at radius 3 is 2.81 bits per heavy atom. The number of hydrogen-bond acceptors (Lipinski definition) is 1. The lowest BCUT2D eigenvalue weighted by Gasteiger charge is -2.10. The Morgan fingerprint density at radius 1 is 1.38 bits per heavy atom. The van der Waals surface area contributed by atoms with Crippen LogP contribution in [-0.4, -0.2) is 15.3 Å². The van der Waals surface area contributed by atoms with Crippen molar-refractivity contribution in [3.63, 3.8) is 0 Å². The summed E-state index contributed by atoms with van der Waals surface area (Å²) in [5, 5.41) is 11.8. The molecule has 2 aromatic rings. The molecule has 0 aliphatic heterocycles. The lowest BCUT2D eigenvalue weighted by Crippen LogP contribution is -2.10. The van der Waals surface area contributed by atoms with E-state index in [1.165, 1.54) is 0 Å². The second kappa shape index (κ2) is 3.25. The average Bonchev–Trinajstić information content (AvgIpc) is 2.84. The average molecular weight is 236 g/mol. The van der Waals surface area contributed by atoms with Crippen LogP contribution in [0.1, 0.15) is 18.4 Å². The summed E-state index contributed by atoms with van der Waals surface area (Å²) < 4.78 is 2.05. The predicted molar refractivity (Wildman–Crippen MR) is 65.8 cm³/mol. The maximum absolute atomic E-state index is 9.92. The lowest BCUT2D eigenvalue weighted by molar-refractivity contribution is 0.151. The van der Waals surface area contributed by atoms with Gasteiger partial charge in [0.05, 0.1) is 10.6 Å². The van der Waals surface area contributed by atoms with Crippen molar-refractivity contribution >= 4 is 22.5 Å². The van der Waals surface area contributed by atoms with Gasteiger partial charge in [-0.05, 0) is 30.5 Å². The van der Waals surface area contributed by atoms with E-state index in [1.807, 2.05) is 25.4 Å². The van der Waals surface area contributed by atoms with E-state index in [0.29, 0.717) is 6.42 Å². The van der Waals surface area contributed by atoms with Crippen LogP contribution in [0.3, 0.4) is 0 Å². The van der Waals surface area contributed by atoms with Crippen LogP contribution in [0, 0.1) is 0 Å². The van der Waals surface area contributed by atoms with Crippen LogP contribution in [0.5, 0.6) is 0 Å². The maximum Gasteiger partial charge on any atom is 0.0690 e. The standard InChI is InChI=1S/C13H14ClNO/c1-15-7-4-10-11(15)3-2-9(12(10)14)8-13(16)5-6-13/h2-4,7,16H,5-6,8H2,1H3. The molecule has 0 atom stereocenters. The minimum atomic E-state index is -0.480. The number of aliphatic hydroxyl groups is 1. The van der Waals surface area contributed by atoms with Crippen molar-refractivity contribution in [3.05, 3.63) is 35.0 Å². The summed E-state index contributed by atoms with van der Waals surface area (Å²) in [5.41, 5.74) is 1.71. The monoisotopic (exact) mass is 235 g/mol. The van der Waals surface area contributed by atoms with E-state index in [4.69, 9.17) is 11.6 Å². The second-order valence-corrected chi connectivity index (χ2v) is 5.18. The number of fused-ring (bicyclic) bond motifs is 1. The highest BCUT2D eigenvalue weighted by Gasteiger charge is 2.40. The molecule has 2 nitrogen and oxygen atoms in total. The Balaban J connectivity index is 2.09. The molecule has 0 bridgehead atoms. The van der Waals surface area contributed by atoms with Crippen molar-refractivity contribution in [1.82, 2.24) is 4.57 Å². The highest BCUT2D eigenvalue weighted by Crippen LogP contribution is 2.40. The zero-order valence-electron chi connectivity index (χ0n) is 9.20. The summed E-state index contributed by atoms with van der Waals surface area (Å²) in [5.74, 6) is 0. The molecule has 0 radical (unpaired) electrons. The minimum absolute atomic E-state index is 0.480. The molecular weight excluding hydrogens is 222 g/mol. The highest BCUT2D eigenvalue weighted by atomic mass is 35.5. The van der Waals surface area contributed by atoms with Gasteiger partial charge in [-0.3, -0.25) is 0 Å². The molecule has 3 heteroatoms. The fraction of sp³-hybridized carbons (Fsp3) is 0.385. The minimum Gasteiger partial charge on any atom is -0.390 e. The van der Waals surface area contributed by atoms with Gasteiger partial charge in [-0.15, -0.1) is 0 Å². The van der Waals surface area contributed by atoms with Crippen molar-refractivity contribution in [1.29, 1.82) is 0 Å². The molecular formula is C13H14ClNO. The van der Waals surface area contributed by atoms with E-state index in [2.05, 4.69) is 10.6 Å². The van der Waals surface area contributed by atoms with Crippen LogP contribution in [0.25, 0.3) is 10.9 Å². The third-order valence-corrected chi connectivity index (χ3v) is 3.87. The molecule has 1 fully saturated rings. The summed E-state index contributed by atoms with van der Waals surface area (Å²) in [4.78, 5) is 0. The molecule has 1 aromatic carbocycles. The number of hydrogen-bond donors (Lipinski definition) is 1. The van der Waals surface area contributed by atoms with Crippen LogP contribution in [-0.2, 0) is 13.5 Å². The van der Waals surface area contributed by atoms with Crippen molar-refractivity contribution < 1.29 is 5.11 Å². The van der Waals surface area contributed by atoms with Crippen LogP contribution < -0.4 is 0 Å². The molecule has 1 saturated carbocycles. The summed E-state index contributed by atoms with van der Waals surface area (Å²) in [6.07, 6.45) is 4.48. The number of aryl methyl sites for hydroxylation is 1. The molecule has 0 unspecified atom stereocenters. The van der Waals surface area contributed by atoms with E-state index in [-0.39, 0.29) is 0 Å². The summed E-state index contributed by atoms with van der Waals surface area (Å²) in [7, 11) is 2.01. The van der Waals surface area contributed by atoms with Crippen molar-refractivity contribution in [3.8, 4) is 0 Å². The summed E-state index contributed by atoms with van der Waals surface area (Å²) in [6.45, 7) is 0. The first kappa shape index (κ1) is 10.2. The van der Waals surface area contributed by atoms with E-state index >= 15 is 0 Å². The fourth-order valence-electron chi connectivity index (χ4n) is 2.17. The SMILES string of the molecule is Cn1ccc2c(Cl)c(CC3(O)CC3)ccc21. The van der Waals surface area contributed by atoms with Gasteiger partial charge in [0, 0.05) is 30.6 Å². The van der Waals surface area contributed by atoms with E-state index in [1.54, 1.807) is 0 Å². The van der Waals surface area contributed by atoms with Crippen LogP contribution in [0.15, 0.2) is 24.4 Å². The largest absolute Gasteiger partial charge is 0.390 e. The van der Waals surface area contributed by atoms with E-state index < -0.39 is 5.60 Å². The zero-order chi connectivity index (χ0) is 11.3. The van der Waals surface area contributed by atoms with Gasteiger partial charge < -0.3 is 9.67 Å². The topological polar surface area (TPSA) is 25.2 Å². The fourth-order valence-corrected chi connectivity index (χ4v) is 2.46. The molecule has 1 aromatic heterocycles. The van der Waals surface area contributed by atoms with E-state index in [9.17, 15) is 5.11 Å². The molecule has 0 spiro atoms. The Morgan fingerprint density at radius 2 is 2.12 bits per heavy atom. The molecule has 0 saturated heterocycles. The molecule has 3 rings (SSSR count). The zero-order valence-corrected chi connectivity index (χ0v) is 9.96. The van der Waals surface area contributed by atoms with Crippen molar-refractivity contribution in [2.24, 2.45) is 7.05 Å². The number of aromatic nitrogens is 1. The predicted octanol–water partition coefficient (Wildman–Crippen LogP) is 2.90. The van der Waals surface area contributed by atoms with Gasteiger partial charge in [-0.25, -0.2) is 0 Å².